The van der Waals surface area contributed by atoms with Crippen molar-refractivity contribution in [2.45, 2.75) is 39.0 Å². The normalized spacial score (nSPS) is 16.0. The van der Waals surface area contributed by atoms with Gasteiger partial charge < -0.3 is 0 Å². The highest BCUT2D eigenvalue weighted by atomic mass is 14.4. The van der Waals surface area contributed by atoms with Crippen LogP contribution in [0.5, 0.6) is 0 Å². The van der Waals surface area contributed by atoms with E-state index in [1.807, 2.05) is 0 Å². The summed E-state index contributed by atoms with van der Waals surface area (Å²) < 4.78 is 0. The van der Waals surface area contributed by atoms with Gasteiger partial charge in [-0.1, -0.05) is 99.7 Å². The molecule has 0 spiro atoms. The van der Waals surface area contributed by atoms with Crippen LogP contribution in [0.1, 0.15) is 43.9 Å². The summed E-state index contributed by atoms with van der Waals surface area (Å²) in [6, 6.07) is 19.8. The zero-order valence-electron chi connectivity index (χ0n) is 14.4. The Labute approximate surface area is 140 Å². The van der Waals surface area contributed by atoms with Gasteiger partial charge in [-0.25, -0.2) is 0 Å². The lowest BCUT2D eigenvalue weighted by Crippen LogP contribution is -2.10. The summed E-state index contributed by atoms with van der Waals surface area (Å²) >= 11 is 0. The standard InChI is InChI=1S/C23H26/c1-22(2,3)15-13-20-9-11-21(12-10-20)23(17-18-23)16-14-19-7-5-4-6-8-19/h4-13,15,17-18H,14,16H2,1-3H3/b15-13+. The van der Waals surface area contributed by atoms with Gasteiger partial charge in [-0.3, -0.25) is 0 Å². The first kappa shape index (κ1) is 15.8. The predicted molar refractivity (Wildman–Crippen MR) is 101 cm³/mol. The topological polar surface area (TPSA) is 0 Å². The van der Waals surface area contributed by atoms with Crippen LogP contribution in [-0.4, -0.2) is 0 Å². The number of benzene rings is 2. The van der Waals surface area contributed by atoms with Crippen molar-refractivity contribution in [1.82, 2.24) is 0 Å². The van der Waals surface area contributed by atoms with Gasteiger partial charge >= 0.3 is 0 Å². The number of allylic oxidation sites excluding steroid dienone is 3. The highest BCUT2D eigenvalue weighted by Crippen LogP contribution is 2.42. The van der Waals surface area contributed by atoms with E-state index in [1.165, 1.54) is 16.7 Å². The molecule has 0 unspecified atom stereocenters. The minimum Gasteiger partial charge on any atom is -0.0785 e. The third-order valence-electron chi connectivity index (χ3n) is 4.46. The summed E-state index contributed by atoms with van der Waals surface area (Å²) in [7, 11) is 0. The maximum Gasteiger partial charge on any atom is 0.0316 e. The Morgan fingerprint density at radius 3 is 2.09 bits per heavy atom. The average molecular weight is 302 g/mol. The van der Waals surface area contributed by atoms with Crippen LogP contribution < -0.4 is 0 Å². The van der Waals surface area contributed by atoms with E-state index in [0.717, 1.165) is 12.8 Å². The highest BCUT2D eigenvalue weighted by Gasteiger charge is 2.35. The molecule has 0 bridgehead atoms. The molecule has 0 N–H and O–H groups in total. The summed E-state index contributed by atoms with van der Waals surface area (Å²) in [4.78, 5) is 0. The number of rotatable bonds is 5. The maximum atomic E-state index is 2.34. The highest BCUT2D eigenvalue weighted by molar-refractivity contribution is 5.54. The van der Waals surface area contributed by atoms with Crippen molar-refractivity contribution in [2.75, 3.05) is 0 Å². The summed E-state index contributed by atoms with van der Waals surface area (Å²) in [5.41, 5.74) is 4.55. The summed E-state index contributed by atoms with van der Waals surface area (Å²) in [5, 5.41) is 0. The van der Waals surface area contributed by atoms with E-state index in [9.17, 15) is 0 Å². The quantitative estimate of drug-likeness (QED) is 0.578. The van der Waals surface area contributed by atoms with Gasteiger partial charge in [0.05, 0.1) is 0 Å². The van der Waals surface area contributed by atoms with Gasteiger partial charge in [0, 0.05) is 5.41 Å². The second-order valence-corrected chi connectivity index (χ2v) is 7.68. The summed E-state index contributed by atoms with van der Waals surface area (Å²) in [6.07, 6.45) is 11.5. The molecular weight excluding hydrogens is 276 g/mol. The van der Waals surface area contributed by atoms with Gasteiger partial charge in [-0.15, -0.1) is 0 Å². The Kier molecular flexibility index (Phi) is 4.26. The third-order valence-corrected chi connectivity index (χ3v) is 4.46. The zero-order chi connectivity index (χ0) is 16.3. The van der Waals surface area contributed by atoms with Crippen LogP contribution in [0.4, 0.5) is 0 Å². The maximum absolute atomic E-state index is 2.34. The molecule has 0 amide bonds. The van der Waals surface area contributed by atoms with Crippen LogP contribution in [0, 0.1) is 5.41 Å². The third kappa shape index (κ3) is 4.22. The fourth-order valence-corrected chi connectivity index (χ4v) is 2.85. The van der Waals surface area contributed by atoms with Gasteiger partial charge in [0.25, 0.3) is 0 Å². The molecule has 118 valence electrons. The van der Waals surface area contributed by atoms with Crippen molar-refractivity contribution in [2.24, 2.45) is 5.41 Å². The van der Waals surface area contributed by atoms with E-state index in [2.05, 4.69) is 99.7 Å². The molecule has 0 saturated heterocycles. The van der Waals surface area contributed by atoms with Crippen LogP contribution >= 0.6 is 0 Å². The molecule has 0 heteroatoms. The molecule has 0 aliphatic heterocycles. The van der Waals surface area contributed by atoms with Crippen molar-refractivity contribution >= 4 is 6.08 Å². The molecule has 0 saturated carbocycles. The average Bonchev–Trinajstić information content (AvgIpc) is 3.33. The molecule has 2 aromatic rings. The number of aryl methyl sites for hydroxylation is 1. The molecule has 0 heterocycles. The largest absolute Gasteiger partial charge is 0.0785 e. The number of hydrogen-bond donors (Lipinski definition) is 0. The minimum absolute atomic E-state index is 0.197. The molecule has 3 rings (SSSR count). The first-order valence-corrected chi connectivity index (χ1v) is 8.51. The van der Waals surface area contributed by atoms with E-state index < -0.39 is 0 Å². The van der Waals surface area contributed by atoms with Crippen molar-refractivity contribution in [1.29, 1.82) is 0 Å². The van der Waals surface area contributed by atoms with Gasteiger partial charge in [0.1, 0.15) is 0 Å². The van der Waals surface area contributed by atoms with Crippen LogP contribution in [0.2, 0.25) is 0 Å². The summed E-state index contributed by atoms with van der Waals surface area (Å²) in [6.45, 7) is 6.68. The second-order valence-electron chi connectivity index (χ2n) is 7.68. The van der Waals surface area contributed by atoms with E-state index in [0.29, 0.717) is 0 Å². The Morgan fingerprint density at radius 1 is 0.870 bits per heavy atom. The van der Waals surface area contributed by atoms with Gasteiger partial charge in [-0.05, 0) is 34.9 Å². The first-order chi connectivity index (χ1) is 11.0. The van der Waals surface area contributed by atoms with Gasteiger partial charge in [-0.2, -0.15) is 0 Å². The van der Waals surface area contributed by atoms with Crippen molar-refractivity contribution in [3.05, 3.63) is 89.5 Å². The van der Waals surface area contributed by atoms with Crippen LogP contribution in [0.25, 0.3) is 6.08 Å². The summed E-state index contributed by atoms with van der Waals surface area (Å²) in [5.74, 6) is 0. The predicted octanol–water partition coefficient (Wildman–Crippen LogP) is 6.19. The second kappa shape index (κ2) is 6.20. The van der Waals surface area contributed by atoms with Crippen LogP contribution in [0.3, 0.4) is 0 Å². The Morgan fingerprint density at radius 2 is 1.52 bits per heavy atom. The molecule has 1 aliphatic rings. The molecule has 0 radical (unpaired) electrons. The van der Waals surface area contributed by atoms with E-state index in [4.69, 9.17) is 0 Å². The SMILES string of the molecule is CC(C)(C)/C=C/c1ccc(C2(CCc3ccccc3)C=C2)cc1. The Hall–Kier alpha value is -2.08. The zero-order valence-corrected chi connectivity index (χ0v) is 14.4. The molecule has 0 fully saturated rings. The van der Waals surface area contributed by atoms with E-state index >= 15 is 0 Å². The number of hydrogen-bond acceptors (Lipinski definition) is 0. The monoisotopic (exact) mass is 302 g/mol. The molecular formula is C23H26. The molecule has 0 atom stereocenters. The van der Waals surface area contributed by atoms with Crippen LogP contribution in [-0.2, 0) is 11.8 Å². The lowest BCUT2D eigenvalue weighted by molar-refractivity contribution is 0.547. The molecule has 0 aromatic heterocycles. The van der Waals surface area contributed by atoms with Crippen LogP contribution in [0.15, 0.2) is 72.8 Å². The lowest BCUT2D eigenvalue weighted by Gasteiger charge is -2.17. The molecule has 0 nitrogen and oxygen atoms in total. The Balaban J connectivity index is 1.66. The van der Waals surface area contributed by atoms with Crippen molar-refractivity contribution in [3.63, 3.8) is 0 Å². The van der Waals surface area contributed by atoms with E-state index in [-0.39, 0.29) is 10.8 Å². The van der Waals surface area contributed by atoms with Gasteiger partial charge in [0.15, 0.2) is 0 Å². The molecule has 1 aliphatic carbocycles. The van der Waals surface area contributed by atoms with Crippen molar-refractivity contribution in [3.8, 4) is 0 Å². The van der Waals surface area contributed by atoms with E-state index in [1.54, 1.807) is 0 Å². The fourth-order valence-electron chi connectivity index (χ4n) is 2.85. The lowest BCUT2D eigenvalue weighted by atomic mass is 9.86. The smallest absolute Gasteiger partial charge is 0.0316 e. The minimum atomic E-state index is 0.197. The first-order valence-electron chi connectivity index (χ1n) is 8.51. The fraction of sp³-hybridized carbons (Fsp3) is 0.304. The molecule has 23 heavy (non-hydrogen) atoms. The molecule has 2 aromatic carbocycles. The Bertz CT molecular complexity index is 688. The van der Waals surface area contributed by atoms with Gasteiger partial charge in [0.2, 0.25) is 0 Å². The van der Waals surface area contributed by atoms with Crippen molar-refractivity contribution < 1.29 is 0 Å².